The Bertz CT molecular complexity index is 503. The molecule has 0 spiro atoms. The van der Waals surface area contributed by atoms with Crippen molar-refractivity contribution in [1.82, 2.24) is 5.32 Å². The summed E-state index contributed by atoms with van der Waals surface area (Å²) in [5, 5.41) is 14.5. The number of carboxylic acids is 1. The van der Waals surface area contributed by atoms with Crippen LogP contribution in [0.5, 0.6) is 0 Å². The predicted molar refractivity (Wildman–Crippen MR) is 83.7 cm³/mol. The lowest BCUT2D eigenvalue weighted by Gasteiger charge is -2.15. The Hall–Kier alpha value is -2.04. The van der Waals surface area contributed by atoms with E-state index in [2.05, 4.69) is 10.6 Å². The molecule has 5 heteroatoms. The third kappa shape index (κ3) is 5.10. The molecule has 0 aliphatic heterocycles. The van der Waals surface area contributed by atoms with Crippen LogP contribution >= 0.6 is 0 Å². The highest BCUT2D eigenvalue weighted by molar-refractivity contribution is 5.91. The van der Waals surface area contributed by atoms with E-state index >= 15 is 0 Å². The molecule has 0 saturated carbocycles. The number of carboxylic acid groups (broad SMARTS) is 1. The molecule has 1 aromatic rings. The van der Waals surface area contributed by atoms with Gasteiger partial charge in [-0.25, -0.2) is 4.79 Å². The molecule has 0 radical (unpaired) electrons. The van der Waals surface area contributed by atoms with Crippen LogP contribution in [0.25, 0.3) is 0 Å². The first-order valence-electron chi connectivity index (χ1n) is 7.20. The van der Waals surface area contributed by atoms with Crippen LogP contribution in [0.1, 0.15) is 36.5 Å². The van der Waals surface area contributed by atoms with Gasteiger partial charge in [-0.15, -0.1) is 0 Å². The maximum absolute atomic E-state index is 11.9. The summed E-state index contributed by atoms with van der Waals surface area (Å²) in [7, 11) is 0. The molecule has 3 N–H and O–H groups in total. The number of nitrogens with one attached hydrogen (secondary N) is 2. The van der Waals surface area contributed by atoms with Crippen LogP contribution in [-0.4, -0.2) is 23.7 Å². The van der Waals surface area contributed by atoms with Crippen molar-refractivity contribution in [2.45, 2.75) is 40.5 Å². The van der Waals surface area contributed by atoms with E-state index in [9.17, 15) is 9.59 Å². The molecule has 0 aliphatic rings. The number of anilines is 1. The van der Waals surface area contributed by atoms with Crippen LogP contribution in [0.4, 0.5) is 10.5 Å². The zero-order chi connectivity index (χ0) is 16.0. The van der Waals surface area contributed by atoms with Crippen molar-refractivity contribution in [3.05, 3.63) is 28.8 Å². The zero-order valence-corrected chi connectivity index (χ0v) is 13.1. The molecule has 0 heterocycles. The van der Waals surface area contributed by atoms with Crippen molar-refractivity contribution in [2.24, 2.45) is 5.92 Å². The Kier molecular flexibility index (Phi) is 6.21. The summed E-state index contributed by atoms with van der Waals surface area (Å²) in [5.41, 5.74) is 3.90. The number of urea groups is 1. The molecular weight excluding hydrogens is 268 g/mol. The number of aliphatic carboxylic acids is 1. The lowest BCUT2D eigenvalue weighted by atomic mass is 10.0. The monoisotopic (exact) mass is 292 g/mol. The fourth-order valence-corrected chi connectivity index (χ4v) is 2.41. The second-order valence-corrected chi connectivity index (χ2v) is 5.43. The molecule has 0 saturated heterocycles. The largest absolute Gasteiger partial charge is 0.481 e. The van der Waals surface area contributed by atoms with Gasteiger partial charge in [-0.1, -0.05) is 31.0 Å². The average Bonchev–Trinajstić information content (AvgIpc) is 2.38. The van der Waals surface area contributed by atoms with Crippen molar-refractivity contribution in [3.63, 3.8) is 0 Å². The minimum Gasteiger partial charge on any atom is -0.481 e. The van der Waals surface area contributed by atoms with Gasteiger partial charge in [-0.3, -0.25) is 4.79 Å². The molecule has 2 amide bonds. The quantitative estimate of drug-likeness (QED) is 0.753. The van der Waals surface area contributed by atoms with Gasteiger partial charge in [0.25, 0.3) is 0 Å². The van der Waals surface area contributed by atoms with Crippen LogP contribution in [-0.2, 0) is 4.79 Å². The predicted octanol–water partition coefficient (Wildman–Crippen LogP) is 3.23. The average molecular weight is 292 g/mol. The first-order chi connectivity index (χ1) is 9.85. The second-order valence-electron chi connectivity index (χ2n) is 5.43. The summed E-state index contributed by atoms with van der Waals surface area (Å²) in [4.78, 5) is 23.0. The van der Waals surface area contributed by atoms with Crippen LogP contribution in [0, 0.1) is 26.7 Å². The van der Waals surface area contributed by atoms with Gasteiger partial charge in [-0.2, -0.15) is 0 Å². The lowest BCUT2D eigenvalue weighted by molar-refractivity contribution is -0.141. The molecule has 0 fully saturated rings. The zero-order valence-electron chi connectivity index (χ0n) is 13.1. The Labute approximate surface area is 125 Å². The Morgan fingerprint density at radius 1 is 1.19 bits per heavy atom. The van der Waals surface area contributed by atoms with Gasteiger partial charge in [0.15, 0.2) is 0 Å². The number of benzene rings is 1. The molecule has 1 atom stereocenters. The van der Waals surface area contributed by atoms with E-state index in [0.717, 1.165) is 28.8 Å². The Morgan fingerprint density at radius 2 is 1.76 bits per heavy atom. The second kappa shape index (κ2) is 7.67. The molecule has 1 aromatic carbocycles. The van der Waals surface area contributed by atoms with Crippen LogP contribution in [0.15, 0.2) is 12.1 Å². The van der Waals surface area contributed by atoms with Crippen molar-refractivity contribution in [2.75, 3.05) is 11.9 Å². The van der Waals surface area contributed by atoms with Gasteiger partial charge in [-0.05, 0) is 38.3 Å². The SMILES string of the molecule is CCCC(CNC(=O)Nc1c(C)cc(C)cc1C)C(=O)O. The minimum absolute atomic E-state index is 0.138. The van der Waals surface area contributed by atoms with Crippen LogP contribution in [0.2, 0.25) is 0 Å². The van der Waals surface area contributed by atoms with E-state index in [-0.39, 0.29) is 12.6 Å². The van der Waals surface area contributed by atoms with Crippen molar-refractivity contribution in [3.8, 4) is 0 Å². The smallest absolute Gasteiger partial charge is 0.319 e. The van der Waals surface area contributed by atoms with Crippen LogP contribution < -0.4 is 10.6 Å². The summed E-state index contributed by atoms with van der Waals surface area (Å²) >= 11 is 0. The molecule has 0 bridgehead atoms. The van der Waals surface area contributed by atoms with Gasteiger partial charge >= 0.3 is 12.0 Å². The van der Waals surface area contributed by atoms with E-state index in [1.54, 1.807) is 0 Å². The topological polar surface area (TPSA) is 78.4 Å². The molecule has 0 aliphatic carbocycles. The molecule has 1 unspecified atom stereocenters. The number of amides is 2. The van der Waals surface area contributed by atoms with E-state index in [4.69, 9.17) is 5.11 Å². The van der Waals surface area contributed by atoms with Gasteiger partial charge in [0.1, 0.15) is 0 Å². The van der Waals surface area contributed by atoms with Gasteiger partial charge in [0.05, 0.1) is 5.92 Å². The summed E-state index contributed by atoms with van der Waals surface area (Å²) in [6, 6.07) is 3.63. The summed E-state index contributed by atoms with van der Waals surface area (Å²) in [6.45, 7) is 7.94. The van der Waals surface area contributed by atoms with Crippen molar-refractivity contribution >= 4 is 17.7 Å². The third-order valence-corrected chi connectivity index (χ3v) is 3.41. The number of hydrogen-bond donors (Lipinski definition) is 3. The number of carbonyl (C=O) groups is 2. The number of aryl methyl sites for hydroxylation is 3. The van der Waals surface area contributed by atoms with Gasteiger partial charge < -0.3 is 15.7 Å². The Morgan fingerprint density at radius 3 is 2.24 bits per heavy atom. The van der Waals surface area contributed by atoms with E-state index in [1.807, 2.05) is 39.8 Å². The fraction of sp³-hybridized carbons (Fsp3) is 0.500. The van der Waals surface area contributed by atoms with Crippen molar-refractivity contribution in [1.29, 1.82) is 0 Å². The molecule has 1 rings (SSSR count). The van der Waals surface area contributed by atoms with E-state index in [0.29, 0.717) is 6.42 Å². The van der Waals surface area contributed by atoms with Gasteiger partial charge in [0.2, 0.25) is 0 Å². The first-order valence-corrected chi connectivity index (χ1v) is 7.20. The Balaban J connectivity index is 2.64. The van der Waals surface area contributed by atoms with E-state index < -0.39 is 11.9 Å². The third-order valence-electron chi connectivity index (χ3n) is 3.41. The number of rotatable bonds is 6. The normalized spacial score (nSPS) is 11.8. The molecule has 0 aromatic heterocycles. The van der Waals surface area contributed by atoms with Gasteiger partial charge in [0, 0.05) is 12.2 Å². The highest BCUT2D eigenvalue weighted by atomic mass is 16.4. The maximum Gasteiger partial charge on any atom is 0.319 e. The highest BCUT2D eigenvalue weighted by Crippen LogP contribution is 2.21. The van der Waals surface area contributed by atoms with E-state index in [1.165, 1.54) is 0 Å². The summed E-state index contributed by atoms with van der Waals surface area (Å²) < 4.78 is 0. The molecule has 5 nitrogen and oxygen atoms in total. The fourth-order valence-electron chi connectivity index (χ4n) is 2.41. The number of hydrogen-bond acceptors (Lipinski definition) is 2. The number of carbonyl (C=O) groups excluding carboxylic acids is 1. The summed E-state index contributed by atoms with van der Waals surface area (Å²) in [6.07, 6.45) is 1.33. The standard InChI is InChI=1S/C16H24N2O3/c1-5-6-13(15(19)20)9-17-16(21)18-14-11(3)7-10(2)8-12(14)4/h7-8,13H,5-6,9H2,1-4H3,(H,19,20)(H2,17,18,21). The highest BCUT2D eigenvalue weighted by Gasteiger charge is 2.17. The molecule has 21 heavy (non-hydrogen) atoms. The maximum atomic E-state index is 11.9. The summed E-state index contributed by atoms with van der Waals surface area (Å²) in [5.74, 6) is -1.42. The first kappa shape index (κ1) is 17.0. The minimum atomic E-state index is -0.875. The molecular formula is C16H24N2O3. The van der Waals surface area contributed by atoms with Crippen LogP contribution in [0.3, 0.4) is 0 Å². The molecule has 116 valence electrons. The van der Waals surface area contributed by atoms with Crippen molar-refractivity contribution < 1.29 is 14.7 Å². The lowest BCUT2D eigenvalue weighted by Crippen LogP contribution is -2.36.